The fourth-order valence-electron chi connectivity index (χ4n) is 3.68. The molecule has 0 aliphatic heterocycles. The van der Waals surface area contributed by atoms with Crippen molar-refractivity contribution in [3.05, 3.63) is 83.6 Å². The number of hydrogen-bond acceptors (Lipinski definition) is 5. The molecule has 0 bridgehead atoms. The zero-order chi connectivity index (χ0) is 26.8. The van der Waals surface area contributed by atoms with E-state index in [9.17, 15) is 23.1 Å². The zero-order valence-electron chi connectivity index (χ0n) is 20.8. The largest absolute Gasteiger partial charge is 0.484 e. The molecule has 2 N–H and O–H groups in total. The number of carbonyl (C=O) groups excluding carboxylic acids is 1. The molecule has 3 rings (SSSR count). The van der Waals surface area contributed by atoms with Crippen molar-refractivity contribution in [1.82, 2.24) is 10.3 Å². The maximum Gasteiger partial charge on any atom is 0.416 e. The normalized spacial score (nSPS) is 13.1. The number of halogens is 3. The Kier molecular flexibility index (Phi) is 10.0. The highest BCUT2D eigenvalue weighted by Crippen LogP contribution is 2.31. The van der Waals surface area contributed by atoms with Gasteiger partial charge in [0.05, 0.1) is 17.5 Å². The molecule has 0 saturated heterocycles. The Labute approximate surface area is 214 Å². The lowest BCUT2D eigenvalue weighted by molar-refractivity contribution is -0.137. The summed E-state index contributed by atoms with van der Waals surface area (Å²) in [5, 5.41) is 12.2. The van der Waals surface area contributed by atoms with Crippen LogP contribution in [0, 0.1) is 0 Å². The van der Waals surface area contributed by atoms with E-state index in [1.54, 1.807) is 30.5 Å². The van der Waals surface area contributed by atoms with Crippen molar-refractivity contribution in [1.29, 1.82) is 0 Å². The highest BCUT2D eigenvalue weighted by Gasteiger charge is 2.30. The van der Waals surface area contributed by atoms with E-state index in [0.29, 0.717) is 29.0 Å². The zero-order valence-corrected chi connectivity index (χ0v) is 20.8. The van der Waals surface area contributed by atoms with Crippen molar-refractivity contribution in [3.63, 3.8) is 0 Å². The lowest BCUT2D eigenvalue weighted by Crippen LogP contribution is -2.27. The van der Waals surface area contributed by atoms with Gasteiger partial charge in [-0.15, -0.1) is 0 Å². The number of nitrogens with one attached hydrogen (secondary N) is 1. The first-order valence-corrected chi connectivity index (χ1v) is 12.1. The van der Waals surface area contributed by atoms with Gasteiger partial charge in [-0.2, -0.15) is 13.2 Å². The Balaban J connectivity index is 1.66. The van der Waals surface area contributed by atoms with Gasteiger partial charge in [0.2, 0.25) is 0 Å². The monoisotopic (exact) mass is 516 g/mol. The summed E-state index contributed by atoms with van der Waals surface area (Å²) in [6.07, 6.45) is -1.03. The van der Waals surface area contributed by atoms with Crippen LogP contribution < -0.4 is 10.1 Å². The van der Waals surface area contributed by atoms with Crippen molar-refractivity contribution in [2.45, 2.75) is 51.2 Å². The van der Waals surface area contributed by atoms with Crippen LogP contribution in [-0.2, 0) is 10.9 Å². The minimum absolute atomic E-state index is 0.246. The number of rotatable bonds is 12. The smallest absolute Gasteiger partial charge is 0.416 e. The number of unbranched alkanes of at least 4 members (excludes halogenated alkanes) is 1. The number of hydrogen-bond donors (Lipinski definition) is 2. The molecule has 1 heterocycles. The molecular weight excluding hydrogens is 485 g/mol. The summed E-state index contributed by atoms with van der Waals surface area (Å²) >= 11 is 0. The molecule has 1 aromatic heterocycles. The standard InChI is InChI=1S/C28H31F3N2O4/c1-3-4-5-25(20-6-8-21(9-7-20)27(35)32-17-16-26(34)36-2)37-23-14-15-24(33-18-23)19-10-12-22(13-11-19)28(29,30)31/h6-15,18,25-26,34H,3-5,16-17H2,1-2H3,(H,32,35). The lowest BCUT2D eigenvalue weighted by Gasteiger charge is -2.20. The van der Waals surface area contributed by atoms with Gasteiger partial charge >= 0.3 is 6.18 Å². The average molecular weight is 517 g/mol. The number of nitrogens with zero attached hydrogens (tertiary/aromatic N) is 1. The Bertz CT molecular complexity index is 1120. The first-order chi connectivity index (χ1) is 17.7. The van der Waals surface area contributed by atoms with Crippen LogP contribution in [0.5, 0.6) is 5.75 Å². The van der Waals surface area contributed by atoms with Crippen LogP contribution in [0.3, 0.4) is 0 Å². The second-order valence-electron chi connectivity index (χ2n) is 8.56. The van der Waals surface area contributed by atoms with Gasteiger partial charge in [-0.3, -0.25) is 9.78 Å². The van der Waals surface area contributed by atoms with Crippen LogP contribution in [0.15, 0.2) is 66.9 Å². The summed E-state index contributed by atoms with van der Waals surface area (Å²) in [6, 6.07) is 15.5. The topological polar surface area (TPSA) is 80.7 Å². The third-order valence-electron chi connectivity index (χ3n) is 5.84. The number of benzene rings is 2. The van der Waals surface area contributed by atoms with E-state index >= 15 is 0 Å². The SMILES string of the molecule is CCCCC(Oc1ccc(-c2ccc(C(F)(F)F)cc2)nc1)c1ccc(C(=O)NCCC(O)OC)cc1. The minimum Gasteiger partial charge on any atom is -0.484 e. The summed E-state index contributed by atoms with van der Waals surface area (Å²) in [5.41, 5.74) is 1.81. The van der Waals surface area contributed by atoms with Gasteiger partial charge in [-0.1, -0.05) is 37.6 Å². The molecule has 0 aliphatic rings. The minimum atomic E-state index is -4.38. The van der Waals surface area contributed by atoms with Crippen LogP contribution >= 0.6 is 0 Å². The van der Waals surface area contributed by atoms with Gasteiger partial charge in [0.1, 0.15) is 11.9 Å². The van der Waals surface area contributed by atoms with Crippen LogP contribution in [-0.4, -0.2) is 35.9 Å². The molecule has 37 heavy (non-hydrogen) atoms. The van der Waals surface area contributed by atoms with E-state index in [1.807, 2.05) is 12.1 Å². The Hall–Kier alpha value is -3.43. The first kappa shape index (κ1) is 28.1. The van der Waals surface area contributed by atoms with Gasteiger partial charge in [0.25, 0.3) is 5.91 Å². The second kappa shape index (κ2) is 13.2. The molecule has 0 spiro atoms. The number of ether oxygens (including phenoxy) is 2. The molecule has 9 heteroatoms. The maximum absolute atomic E-state index is 12.8. The van der Waals surface area contributed by atoms with Crippen molar-refractivity contribution >= 4 is 5.91 Å². The number of amides is 1. The van der Waals surface area contributed by atoms with Crippen molar-refractivity contribution in [2.75, 3.05) is 13.7 Å². The molecule has 1 amide bonds. The van der Waals surface area contributed by atoms with Gasteiger partial charge in [-0.25, -0.2) is 0 Å². The Morgan fingerprint density at radius 1 is 1.03 bits per heavy atom. The fourth-order valence-corrected chi connectivity index (χ4v) is 3.68. The summed E-state index contributed by atoms with van der Waals surface area (Å²) in [7, 11) is 1.39. The third-order valence-corrected chi connectivity index (χ3v) is 5.84. The van der Waals surface area contributed by atoms with Gasteiger partial charge in [0.15, 0.2) is 6.29 Å². The predicted octanol–water partition coefficient (Wildman–Crippen LogP) is 6.16. The molecule has 0 aliphatic carbocycles. The summed E-state index contributed by atoms with van der Waals surface area (Å²) in [5.74, 6) is 0.291. The maximum atomic E-state index is 12.8. The molecule has 0 fully saturated rings. The second-order valence-corrected chi connectivity index (χ2v) is 8.56. The Morgan fingerprint density at radius 3 is 2.30 bits per heavy atom. The van der Waals surface area contributed by atoms with E-state index < -0.39 is 18.0 Å². The Morgan fingerprint density at radius 2 is 1.73 bits per heavy atom. The number of pyridine rings is 1. The highest BCUT2D eigenvalue weighted by molar-refractivity contribution is 5.94. The third kappa shape index (κ3) is 8.30. The van der Waals surface area contributed by atoms with Gasteiger partial charge in [-0.05, 0) is 54.8 Å². The molecule has 3 aromatic rings. The van der Waals surface area contributed by atoms with E-state index in [2.05, 4.69) is 17.2 Å². The molecule has 198 valence electrons. The van der Waals surface area contributed by atoms with Crippen LogP contribution in [0.1, 0.15) is 60.2 Å². The molecule has 2 aromatic carbocycles. The molecule has 0 radical (unpaired) electrons. The van der Waals surface area contributed by atoms with Crippen LogP contribution in [0.25, 0.3) is 11.3 Å². The fraction of sp³-hybridized carbons (Fsp3) is 0.357. The van der Waals surface area contributed by atoms with Crippen molar-refractivity contribution < 1.29 is 32.5 Å². The summed E-state index contributed by atoms with van der Waals surface area (Å²) in [6.45, 7) is 2.37. The van der Waals surface area contributed by atoms with E-state index in [0.717, 1.165) is 37.0 Å². The van der Waals surface area contributed by atoms with Crippen molar-refractivity contribution in [3.8, 4) is 17.0 Å². The predicted molar refractivity (Wildman–Crippen MR) is 134 cm³/mol. The summed E-state index contributed by atoms with van der Waals surface area (Å²) < 4.78 is 49.4. The molecule has 6 nitrogen and oxygen atoms in total. The highest BCUT2D eigenvalue weighted by atomic mass is 19.4. The van der Waals surface area contributed by atoms with Gasteiger partial charge in [0, 0.05) is 31.2 Å². The number of alkyl halides is 3. The van der Waals surface area contributed by atoms with Crippen LogP contribution in [0.2, 0.25) is 0 Å². The number of methoxy groups -OCH3 is 1. The molecular formula is C28H31F3N2O4. The number of carbonyl (C=O) groups is 1. The number of aromatic nitrogens is 1. The quantitative estimate of drug-likeness (QED) is 0.282. The van der Waals surface area contributed by atoms with Gasteiger partial charge < -0.3 is 19.9 Å². The number of aliphatic hydroxyl groups excluding tert-OH is 1. The number of aliphatic hydroxyl groups is 1. The van der Waals surface area contributed by atoms with E-state index in [4.69, 9.17) is 9.47 Å². The van der Waals surface area contributed by atoms with Crippen molar-refractivity contribution in [2.24, 2.45) is 0 Å². The molecule has 2 unspecified atom stereocenters. The first-order valence-electron chi connectivity index (χ1n) is 12.1. The molecule has 0 saturated carbocycles. The average Bonchev–Trinajstić information content (AvgIpc) is 2.91. The molecule has 2 atom stereocenters. The lowest BCUT2D eigenvalue weighted by atomic mass is 10.0. The van der Waals surface area contributed by atoms with E-state index in [-0.39, 0.29) is 18.6 Å². The van der Waals surface area contributed by atoms with Crippen LogP contribution in [0.4, 0.5) is 13.2 Å². The van der Waals surface area contributed by atoms with E-state index in [1.165, 1.54) is 19.2 Å². The summed E-state index contributed by atoms with van der Waals surface area (Å²) in [4.78, 5) is 16.7.